The third kappa shape index (κ3) is 4.41. The van der Waals surface area contributed by atoms with Crippen molar-refractivity contribution in [2.45, 2.75) is 42.9 Å². The summed E-state index contributed by atoms with van der Waals surface area (Å²) >= 11 is 1.37. The number of aromatic nitrogens is 3. The molecule has 2 aliphatic rings. The van der Waals surface area contributed by atoms with Crippen LogP contribution in [0.4, 0.5) is 0 Å². The lowest BCUT2D eigenvalue weighted by atomic mass is 10.1. The highest BCUT2D eigenvalue weighted by Gasteiger charge is 2.35. The Morgan fingerprint density at radius 2 is 1.96 bits per heavy atom. The zero-order valence-corrected chi connectivity index (χ0v) is 17.5. The maximum absolute atomic E-state index is 13.0. The highest BCUT2D eigenvalue weighted by molar-refractivity contribution is 7.99. The summed E-state index contributed by atoms with van der Waals surface area (Å²) in [6, 6.07) is 9.44. The second-order valence-corrected chi connectivity index (χ2v) is 10.7. The Bertz CT molecular complexity index is 955. The molecule has 1 amide bonds. The van der Waals surface area contributed by atoms with E-state index in [1.54, 1.807) is 4.90 Å². The number of hydrogen-bond acceptors (Lipinski definition) is 6. The molecule has 1 saturated heterocycles. The van der Waals surface area contributed by atoms with Gasteiger partial charge in [-0.25, -0.2) is 8.42 Å². The zero-order chi connectivity index (χ0) is 19.7. The van der Waals surface area contributed by atoms with E-state index in [4.69, 9.17) is 0 Å². The molecule has 2 heterocycles. The molecule has 0 bridgehead atoms. The summed E-state index contributed by atoms with van der Waals surface area (Å²) in [5.41, 5.74) is 1.000. The monoisotopic (exact) mass is 420 g/mol. The summed E-state index contributed by atoms with van der Waals surface area (Å²) in [6.07, 6.45) is 2.80. The van der Waals surface area contributed by atoms with E-state index in [-0.39, 0.29) is 29.2 Å². The first kappa shape index (κ1) is 19.4. The summed E-state index contributed by atoms with van der Waals surface area (Å²) in [5, 5.41) is 9.21. The average Bonchev–Trinajstić information content (AvgIpc) is 3.36. The molecule has 1 saturated carbocycles. The van der Waals surface area contributed by atoms with Crippen molar-refractivity contribution < 1.29 is 13.2 Å². The van der Waals surface area contributed by atoms with Gasteiger partial charge in [-0.05, 0) is 24.8 Å². The second kappa shape index (κ2) is 7.87. The van der Waals surface area contributed by atoms with Gasteiger partial charge in [-0.1, -0.05) is 42.1 Å². The molecule has 0 N–H and O–H groups in total. The molecule has 1 aliphatic heterocycles. The van der Waals surface area contributed by atoms with Crippen molar-refractivity contribution in [3.63, 3.8) is 0 Å². The lowest BCUT2D eigenvalue weighted by Crippen LogP contribution is -2.41. The number of thioether (sulfide) groups is 1. The number of sulfone groups is 1. The standard InChI is InChI=1S/C19H24N4O3S2/c1-22-18(15-7-8-15)20-21-19(22)27-12-17(24)23(11-14-5-3-2-4-6-14)16-9-10-28(25,26)13-16/h2-6,15-16H,7-13H2,1H3. The van der Waals surface area contributed by atoms with Gasteiger partial charge in [-0.3, -0.25) is 4.79 Å². The van der Waals surface area contributed by atoms with Crippen molar-refractivity contribution in [2.75, 3.05) is 17.3 Å². The highest BCUT2D eigenvalue weighted by atomic mass is 32.2. The smallest absolute Gasteiger partial charge is 0.233 e. The van der Waals surface area contributed by atoms with Crippen molar-refractivity contribution in [3.8, 4) is 0 Å². The fourth-order valence-corrected chi connectivity index (χ4v) is 6.12. The van der Waals surface area contributed by atoms with E-state index in [1.807, 2.05) is 41.9 Å². The van der Waals surface area contributed by atoms with Crippen LogP contribution in [0.3, 0.4) is 0 Å². The molecule has 28 heavy (non-hydrogen) atoms. The molecular formula is C19H24N4O3S2. The SMILES string of the molecule is Cn1c(SCC(=O)N(Cc2ccccc2)C2CCS(=O)(=O)C2)nnc1C1CC1. The Kier molecular flexibility index (Phi) is 5.46. The highest BCUT2D eigenvalue weighted by Crippen LogP contribution is 2.39. The van der Waals surface area contributed by atoms with Crippen molar-refractivity contribution in [1.82, 2.24) is 19.7 Å². The lowest BCUT2D eigenvalue weighted by molar-refractivity contribution is -0.130. The fraction of sp³-hybridized carbons (Fsp3) is 0.526. The van der Waals surface area contributed by atoms with Crippen LogP contribution in [-0.2, 0) is 28.2 Å². The zero-order valence-electron chi connectivity index (χ0n) is 15.8. The van der Waals surface area contributed by atoms with Gasteiger partial charge >= 0.3 is 0 Å². The minimum Gasteiger partial charge on any atom is -0.334 e. The van der Waals surface area contributed by atoms with Crippen LogP contribution in [-0.4, -0.2) is 57.3 Å². The van der Waals surface area contributed by atoms with Crippen LogP contribution in [0, 0.1) is 0 Å². The van der Waals surface area contributed by atoms with Gasteiger partial charge in [0.1, 0.15) is 5.82 Å². The summed E-state index contributed by atoms with van der Waals surface area (Å²) in [4.78, 5) is 14.8. The number of benzene rings is 1. The van der Waals surface area contributed by atoms with E-state index in [1.165, 1.54) is 11.8 Å². The minimum absolute atomic E-state index is 0.0476. The number of hydrogen-bond donors (Lipinski definition) is 0. The summed E-state index contributed by atoms with van der Waals surface area (Å²) in [7, 11) is -1.13. The van der Waals surface area contributed by atoms with Crippen LogP contribution in [0.25, 0.3) is 0 Å². The first-order valence-electron chi connectivity index (χ1n) is 9.49. The van der Waals surface area contributed by atoms with Crippen molar-refractivity contribution in [3.05, 3.63) is 41.7 Å². The van der Waals surface area contributed by atoms with Gasteiger partial charge in [0, 0.05) is 25.6 Å². The third-order valence-electron chi connectivity index (χ3n) is 5.30. The quantitative estimate of drug-likeness (QED) is 0.637. The predicted octanol–water partition coefficient (Wildman–Crippen LogP) is 2.00. The molecule has 9 heteroatoms. The number of carbonyl (C=O) groups is 1. The van der Waals surface area contributed by atoms with Crippen molar-refractivity contribution in [2.24, 2.45) is 7.05 Å². The van der Waals surface area contributed by atoms with Crippen LogP contribution in [0.2, 0.25) is 0 Å². The van der Waals surface area contributed by atoms with Gasteiger partial charge in [0.05, 0.1) is 17.3 Å². The van der Waals surface area contributed by atoms with Crippen LogP contribution in [0.15, 0.2) is 35.5 Å². The molecule has 1 aliphatic carbocycles. The maximum Gasteiger partial charge on any atom is 0.233 e. The Balaban J connectivity index is 1.46. The molecule has 2 fully saturated rings. The molecule has 7 nitrogen and oxygen atoms in total. The number of carbonyl (C=O) groups excluding carboxylic acids is 1. The maximum atomic E-state index is 13.0. The van der Waals surface area contributed by atoms with Crippen LogP contribution in [0.5, 0.6) is 0 Å². The summed E-state index contributed by atoms with van der Waals surface area (Å²) < 4.78 is 25.9. The normalized spacial score (nSPS) is 21.0. The molecule has 1 aromatic heterocycles. The number of rotatable bonds is 7. The molecule has 4 rings (SSSR count). The van der Waals surface area contributed by atoms with E-state index in [0.29, 0.717) is 18.9 Å². The van der Waals surface area contributed by atoms with Gasteiger partial charge in [0.25, 0.3) is 0 Å². The minimum atomic E-state index is -3.07. The Morgan fingerprint density at radius 1 is 1.21 bits per heavy atom. The first-order valence-corrected chi connectivity index (χ1v) is 12.3. The molecule has 2 aromatic rings. The van der Waals surface area contributed by atoms with Gasteiger partial charge in [-0.15, -0.1) is 10.2 Å². The van der Waals surface area contributed by atoms with Gasteiger partial charge in [0.15, 0.2) is 15.0 Å². The Hall–Kier alpha value is -1.87. The average molecular weight is 421 g/mol. The number of amides is 1. The largest absolute Gasteiger partial charge is 0.334 e. The van der Waals surface area contributed by atoms with E-state index >= 15 is 0 Å². The second-order valence-electron chi connectivity index (χ2n) is 7.53. The Labute approximate surface area is 169 Å². The molecule has 1 aromatic carbocycles. The fourth-order valence-electron chi connectivity index (χ4n) is 3.58. The molecular weight excluding hydrogens is 396 g/mol. The first-order chi connectivity index (χ1) is 13.4. The third-order valence-corrected chi connectivity index (χ3v) is 8.06. The van der Waals surface area contributed by atoms with Crippen molar-refractivity contribution in [1.29, 1.82) is 0 Å². The number of nitrogens with zero attached hydrogens (tertiary/aromatic N) is 4. The molecule has 150 valence electrons. The molecule has 0 radical (unpaired) electrons. The van der Waals surface area contributed by atoms with E-state index in [9.17, 15) is 13.2 Å². The van der Waals surface area contributed by atoms with Crippen LogP contribution >= 0.6 is 11.8 Å². The summed E-state index contributed by atoms with van der Waals surface area (Å²) in [5.74, 6) is 1.84. The van der Waals surface area contributed by atoms with Crippen LogP contribution in [0.1, 0.15) is 36.6 Å². The van der Waals surface area contributed by atoms with E-state index in [2.05, 4.69) is 10.2 Å². The Morgan fingerprint density at radius 3 is 2.61 bits per heavy atom. The van der Waals surface area contributed by atoms with E-state index in [0.717, 1.165) is 29.4 Å². The van der Waals surface area contributed by atoms with Crippen molar-refractivity contribution >= 4 is 27.5 Å². The van der Waals surface area contributed by atoms with Gasteiger partial charge in [-0.2, -0.15) is 0 Å². The van der Waals surface area contributed by atoms with E-state index < -0.39 is 9.84 Å². The molecule has 1 unspecified atom stereocenters. The van der Waals surface area contributed by atoms with Gasteiger partial charge in [0.2, 0.25) is 5.91 Å². The van der Waals surface area contributed by atoms with Crippen LogP contribution < -0.4 is 0 Å². The summed E-state index contributed by atoms with van der Waals surface area (Å²) in [6.45, 7) is 0.423. The predicted molar refractivity (Wildman–Crippen MR) is 108 cm³/mol. The lowest BCUT2D eigenvalue weighted by Gasteiger charge is -2.28. The molecule has 0 spiro atoms. The topological polar surface area (TPSA) is 85.2 Å². The molecule has 1 atom stereocenters. The van der Waals surface area contributed by atoms with Gasteiger partial charge < -0.3 is 9.47 Å².